The molecule has 2 N–H and O–H groups in total. The largest absolute Gasteiger partial charge is 0.326 e. The molecule has 0 aliphatic rings. The van der Waals surface area contributed by atoms with Crippen molar-refractivity contribution >= 4 is 26.5 Å². The zero-order valence-electron chi connectivity index (χ0n) is 12.3. The molecule has 5 heteroatoms. The lowest BCUT2D eigenvalue weighted by atomic mass is 10.1. The van der Waals surface area contributed by atoms with Crippen LogP contribution in [0, 0.1) is 0 Å². The van der Waals surface area contributed by atoms with E-state index in [0.29, 0.717) is 6.54 Å². The quantitative estimate of drug-likeness (QED) is 0.629. The number of aromatic nitrogens is 3. The molecule has 4 rings (SSSR count). The van der Waals surface area contributed by atoms with Crippen LogP contribution >= 0.6 is 11.3 Å². The van der Waals surface area contributed by atoms with E-state index in [4.69, 9.17) is 5.73 Å². The van der Waals surface area contributed by atoms with E-state index in [0.717, 1.165) is 33.8 Å². The molecule has 2 aromatic carbocycles. The first-order valence-electron chi connectivity index (χ1n) is 7.36. The second kappa shape index (κ2) is 5.19. The molecule has 110 valence electrons. The Bertz CT molecular complexity index is 967. The predicted molar refractivity (Wildman–Crippen MR) is 91.1 cm³/mol. The van der Waals surface area contributed by atoms with Crippen LogP contribution in [0.1, 0.15) is 18.1 Å². The Balaban J connectivity index is 1.98. The second-order valence-electron chi connectivity index (χ2n) is 5.30. The second-order valence-corrected chi connectivity index (χ2v) is 6.31. The molecule has 0 saturated heterocycles. The summed E-state index contributed by atoms with van der Waals surface area (Å²) in [7, 11) is 0. The lowest BCUT2D eigenvalue weighted by molar-refractivity contribution is 1.07. The Labute approximate surface area is 132 Å². The van der Waals surface area contributed by atoms with Crippen LogP contribution in [0.4, 0.5) is 0 Å². The van der Waals surface area contributed by atoms with Gasteiger partial charge < -0.3 is 5.73 Å². The van der Waals surface area contributed by atoms with Crippen molar-refractivity contribution in [1.29, 1.82) is 0 Å². The van der Waals surface area contributed by atoms with Gasteiger partial charge in [0.1, 0.15) is 0 Å². The van der Waals surface area contributed by atoms with Crippen LogP contribution in [0.25, 0.3) is 26.6 Å². The van der Waals surface area contributed by atoms with E-state index in [1.54, 1.807) is 11.3 Å². The molecule has 4 aromatic rings. The van der Waals surface area contributed by atoms with E-state index in [9.17, 15) is 0 Å². The SMILES string of the molecule is CCc1ccc2c(c1)sc1nnc(-c3cccc(CN)c3)n12. The number of hydrogen-bond acceptors (Lipinski definition) is 4. The summed E-state index contributed by atoms with van der Waals surface area (Å²) in [6, 6.07) is 14.8. The molecule has 2 heterocycles. The van der Waals surface area contributed by atoms with Gasteiger partial charge in [0, 0.05) is 12.1 Å². The first kappa shape index (κ1) is 13.4. The van der Waals surface area contributed by atoms with Gasteiger partial charge in [0.2, 0.25) is 4.96 Å². The van der Waals surface area contributed by atoms with Gasteiger partial charge in [-0.05, 0) is 35.7 Å². The van der Waals surface area contributed by atoms with Crippen molar-refractivity contribution in [2.24, 2.45) is 5.73 Å². The number of nitrogens with zero attached hydrogens (tertiary/aromatic N) is 3. The van der Waals surface area contributed by atoms with Crippen molar-refractivity contribution in [2.75, 3.05) is 0 Å². The van der Waals surface area contributed by atoms with Gasteiger partial charge in [-0.3, -0.25) is 4.40 Å². The van der Waals surface area contributed by atoms with Gasteiger partial charge in [-0.2, -0.15) is 0 Å². The van der Waals surface area contributed by atoms with E-state index >= 15 is 0 Å². The van der Waals surface area contributed by atoms with E-state index < -0.39 is 0 Å². The van der Waals surface area contributed by atoms with Crippen molar-refractivity contribution in [3.05, 3.63) is 53.6 Å². The highest BCUT2D eigenvalue weighted by Gasteiger charge is 2.14. The van der Waals surface area contributed by atoms with E-state index in [2.05, 4.69) is 51.9 Å². The molecule has 0 aliphatic heterocycles. The fraction of sp³-hybridized carbons (Fsp3) is 0.176. The average molecular weight is 308 g/mol. The molecule has 0 radical (unpaired) electrons. The van der Waals surface area contributed by atoms with Crippen molar-refractivity contribution in [1.82, 2.24) is 14.6 Å². The fourth-order valence-electron chi connectivity index (χ4n) is 2.72. The van der Waals surface area contributed by atoms with Crippen molar-refractivity contribution in [3.8, 4) is 11.4 Å². The van der Waals surface area contributed by atoms with Crippen LogP contribution < -0.4 is 5.73 Å². The average Bonchev–Trinajstić information content (AvgIpc) is 3.13. The van der Waals surface area contributed by atoms with Gasteiger partial charge in [0.05, 0.1) is 10.2 Å². The number of benzene rings is 2. The topological polar surface area (TPSA) is 56.2 Å². The Morgan fingerprint density at radius 3 is 2.82 bits per heavy atom. The monoisotopic (exact) mass is 308 g/mol. The van der Waals surface area contributed by atoms with E-state index in [-0.39, 0.29) is 0 Å². The number of rotatable bonds is 3. The third-order valence-electron chi connectivity index (χ3n) is 3.93. The Morgan fingerprint density at radius 1 is 1.09 bits per heavy atom. The molecule has 0 saturated carbocycles. The van der Waals surface area contributed by atoms with Crippen LogP contribution in [0.2, 0.25) is 0 Å². The van der Waals surface area contributed by atoms with Crippen LogP contribution in [0.5, 0.6) is 0 Å². The first-order valence-corrected chi connectivity index (χ1v) is 8.17. The van der Waals surface area contributed by atoms with E-state index in [1.165, 1.54) is 10.3 Å². The summed E-state index contributed by atoms with van der Waals surface area (Å²) in [6.45, 7) is 2.70. The highest BCUT2D eigenvalue weighted by molar-refractivity contribution is 7.23. The summed E-state index contributed by atoms with van der Waals surface area (Å²) < 4.78 is 3.38. The summed E-state index contributed by atoms with van der Waals surface area (Å²) >= 11 is 1.68. The fourth-order valence-corrected chi connectivity index (χ4v) is 3.75. The van der Waals surface area contributed by atoms with Crippen LogP contribution in [-0.2, 0) is 13.0 Å². The maximum absolute atomic E-state index is 5.75. The van der Waals surface area contributed by atoms with Crippen molar-refractivity contribution in [3.63, 3.8) is 0 Å². The molecule has 0 aliphatic carbocycles. The highest BCUT2D eigenvalue weighted by atomic mass is 32.1. The number of fused-ring (bicyclic) bond motifs is 3. The lowest BCUT2D eigenvalue weighted by Crippen LogP contribution is -1.96. The van der Waals surface area contributed by atoms with Gasteiger partial charge in [0.25, 0.3) is 0 Å². The normalized spacial score (nSPS) is 11.5. The number of thiazole rings is 1. The van der Waals surface area contributed by atoms with Crippen LogP contribution in [0.15, 0.2) is 42.5 Å². The molecule has 4 nitrogen and oxygen atoms in total. The molecular formula is C17H16N4S. The zero-order chi connectivity index (χ0) is 15.1. The molecule has 0 atom stereocenters. The smallest absolute Gasteiger partial charge is 0.217 e. The molecule has 0 amide bonds. The molecule has 22 heavy (non-hydrogen) atoms. The van der Waals surface area contributed by atoms with Gasteiger partial charge in [-0.15, -0.1) is 10.2 Å². The molecular weight excluding hydrogens is 292 g/mol. The highest BCUT2D eigenvalue weighted by Crippen LogP contribution is 2.31. The summed E-state index contributed by atoms with van der Waals surface area (Å²) in [5.74, 6) is 0.876. The molecule has 0 spiro atoms. The van der Waals surface area contributed by atoms with Crippen LogP contribution in [-0.4, -0.2) is 14.6 Å². The maximum Gasteiger partial charge on any atom is 0.217 e. The van der Waals surface area contributed by atoms with Gasteiger partial charge >= 0.3 is 0 Å². The van der Waals surface area contributed by atoms with Crippen molar-refractivity contribution in [2.45, 2.75) is 19.9 Å². The molecule has 2 aromatic heterocycles. The van der Waals surface area contributed by atoms with Gasteiger partial charge in [-0.25, -0.2) is 0 Å². The lowest BCUT2D eigenvalue weighted by Gasteiger charge is -2.02. The summed E-state index contributed by atoms with van der Waals surface area (Å²) in [5, 5.41) is 8.72. The first-order chi connectivity index (χ1) is 10.8. The zero-order valence-corrected chi connectivity index (χ0v) is 13.1. The predicted octanol–water partition coefficient (Wildman–Crippen LogP) is 3.63. The molecule has 0 bridgehead atoms. The molecule has 0 fully saturated rings. The molecule has 0 unspecified atom stereocenters. The van der Waals surface area contributed by atoms with Crippen LogP contribution in [0.3, 0.4) is 0 Å². The minimum Gasteiger partial charge on any atom is -0.326 e. The van der Waals surface area contributed by atoms with Crippen molar-refractivity contribution < 1.29 is 0 Å². The summed E-state index contributed by atoms with van der Waals surface area (Å²) in [5.41, 5.74) is 10.4. The standard InChI is InChI=1S/C17H16N4S/c1-2-11-6-7-14-15(9-11)22-17-20-19-16(21(14)17)13-5-3-4-12(8-13)10-18/h3-9H,2,10,18H2,1H3. The third-order valence-corrected chi connectivity index (χ3v) is 4.92. The number of aryl methyl sites for hydroxylation is 1. The summed E-state index contributed by atoms with van der Waals surface area (Å²) in [4.78, 5) is 0.927. The minimum atomic E-state index is 0.528. The Kier molecular flexibility index (Phi) is 3.17. The minimum absolute atomic E-state index is 0.528. The maximum atomic E-state index is 5.75. The Hall–Kier alpha value is -2.24. The third kappa shape index (κ3) is 2.01. The Morgan fingerprint density at radius 2 is 2.00 bits per heavy atom. The van der Waals surface area contributed by atoms with E-state index in [1.807, 2.05) is 12.1 Å². The van der Waals surface area contributed by atoms with Gasteiger partial charge in [-0.1, -0.05) is 42.5 Å². The van der Waals surface area contributed by atoms with Gasteiger partial charge in [0.15, 0.2) is 5.82 Å². The summed E-state index contributed by atoms with van der Waals surface area (Å²) in [6.07, 6.45) is 1.04. The number of hydrogen-bond donors (Lipinski definition) is 1. The number of nitrogens with two attached hydrogens (primary N) is 1.